The van der Waals surface area contributed by atoms with Crippen molar-refractivity contribution in [2.24, 2.45) is 4.99 Å². The lowest BCUT2D eigenvalue weighted by molar-refractivity contribution is -0.384. The van der Waals surface area contributed by atoms with E-state index >= 15 is 0 Å². The topological polar surface area (TPSA) is 64.7 Å². The highest BCUT2D eigenvalue weighted by Gasteiger charge is 2.28. The summed E-state index contributed by atoms with van der Waals surface area (Å²) in [6.45, 7) is 0. The Kier molecular flexibility index (Phi) is 4.66. The van der Waals surface area contributed by atoms with E-state index in [2.05, 4.69) is 0 Å². The molecule has 1 aliphatic rings. The van der Waals surface area contributed by atoms with Crippen LogP contribution in [-0.4, -0.2) is 10.8 Å². The highest BCUT2D eigenvalue weighted by molar-refractivity contribution is 5.94. The first kappa shape index (κ1) is 17.0. The number of benzene rings is 3. The van der Waals surface area contributed by atoms with Crippen molar-refractivity contribution in [2.45, 2.75) is 18.6 Å². The summed E-state index contributed by atoms with van der Waals surface area (Å²) in [6.07, 6.45) is 0.553. The van der Waals surface area contributed by atoms with Crippen molar-refractivity contribution in [1.29, 1.82) is 0 Å². The third-order valence-corrected chi connectivity index (χ3v) is 4.65. The minimum absolute atomic E-state index is 0.0812. The van der Waals surface area contributed by atoms with Crippen LogP contribution in [-0.2, 0) is 4.74 Å². The Bertz CT molecular complexity index is 954. The third-order valence-electron chi connectivity index (χ3n) is 4.65. The molecule has 5 heteroatoms. The molecule has 5 nitrogen and oxygen atoms in total. The monoisotopic (exact) mass is 358 g/mol. The molecule has 1 aliphatic heterocycles. The van der Waals surface area contributed by atoms with Gasteiger partial charge in [-0.05, 0) is 23.3 Å². The van der Waals surface area contributed by atoms with Crippen LogP contribution >= 0.6 is 0 Å². The van der Waals surface area contributed by atoms with Crippen molar-refractivity contribution < 1.29 is 9.66 Å². The van der Waals surface area contributed by atoms with Crippen LogP contribution in [0.4, 0.5) is 5.69 Å². The Balaban J connectivity index is 1.71. The predicted molar refractivity (Wildman–Crippen MR) is 104 cm³/mol. The molecule has 0 amide bonds. The first-order valence-corrected chi connectivity index (χ1v) is 8.80. The fourth-order valence-corrected chi connectivity index (χ4v) is 3.23. The fraction of sp³-hybridized carbons (Fsp3) is 0.136. The maximum Gasteiger partial charge on any atom is 0.269 e. The first-order valence-electron chi connectivity index (χ1n) is 8.80. The number of hydrogen-bond acceptors (Lipinski definition) is 4. The molecule has 134 valence electrons. The Morgan fingerprint density at radius 1 is 0.852 bits per heavy atom. The van der Waals surface area contributed by atoms with Crippen LogP contribution in [0.3, 0.4) is 0 Å². The number of non-ortho nitro benzene ring substituents is 1. The van der Waals surface area contributed by atoms with Crippen molar-refractivity contribution in [3.63, 3.8) is 0 Å². The smallest absolute Gasteiger partial charge is 0.269 e. The van der Waals surface area contributed by atoms with E-state index < -0.39 is 0 Å². The van der Waals surface area contributed by atoms with Crippen molar-refractivity contribution in [2.75, 3.05) is 0 Å². The average molecular weight is 358 g/mol. The maximum atomic E-state index is 10.9. The Hall–Kier alpha value is -3.47. The highest BCUT2D eigenvalue weighted by atomic mass is 16.6. The molecular formula is C22H18N2O3. The summed E-state index contributed by atoms with van der Waals surface area (Å²) in [6, 6.07) is 26.4. The van der Waals surface area contributed by atoms with Gasteiger partial charge in [0.25, 0.3) is 5.69 Å². The standard InChI is InChI=1S/C22H18N2O3/c25-24(26)19-13-11-16(12-14-19)20-15-21(17-7-3-1-4-8-17)27-22(23-20)18-9-5-2-6-10-18/h1-14,20-21H,15H2/t20-,21+/m1/s1. The molecule has 0 aliphatic carbocycles. The maximum absolute atomic E-state index is 10.9. The molecule has 27 heavy (non-hydrogen) atoms. The molecule has 0 N–H and O–H groups in total. The molecule has 0 spiro atoms. The molecule has 3 aromatic carbocycles. The Morgan fingerprint density at radius 3 is 2.11 bits per heavy atom. The number of nitrogens with zero attached hydrogens (tertiary/aromatic N) is 2. The first-order chi connectivity index (χ1) is 13.2. The van der Waals surface area contributed by atoms with Crippen LogP contribution in [0.15, 0.2) is 89.9 Å². The summed E-state index contributed by atoms with van der Waals surface area (Å²) in [5, 5.41) is 10.9. The molecule has 0 radical (unpaired) electrons. The van der Waals surface area contributed by atoms with Gasteiger partial charge in [-0.15, -0.1) is 0 Å². The second-order valence-electron chi connectivity index (χ2n) is 6.42. The van der Waals surface area contributed by atoms with Crippen LogP contribution in [0.2, 0.25) is 0 Å². The van der Waals surface area contributed by atoms with Gasteiger partial charge in [-0.1, -0.05) is 60.7 Å². The molecule has 3 aromatic rings. The van der Waals surface area contributed by atoms with Crippen molar-refractivity contribution >= 4 is 11.6 Å². The summed E-state index contributed by atoms with van der Waals surface area (Å²) >= 11 is 0. The van der Waals surface area contributed by atoms with Gasteiger partial charge in [-0.25, -0.2) is 4.99 Å². The summed E-state index contributed by atoms with van der Waals surface area (Å²) in [4.78, 5) is 15.3. The van der Waals surface area contributed by atoms with Crippen molar-refractivity contribution in [3.8, 4) is 0 Å². The summed E-state index contributed by atoms with van der Waals surface area (Å²) in [5.74, 6) is 0.596. The SMILES string of the molecule is O=[N+]([O-])c1ccc([C@H]2C[C@@H](c3ccccc3)OC(c3ccccc3)=N2)cc1. The predicted octanol–water partition coefficient (Wildman–Crippen LogP) is 5.24. The lowest BCUT2D eigenvalue weighted by Crippen LogP contribution is -2.21. The quantitative estimate of drug-likeness (QED) is 0.473. The molecule has 4 rings (SSSR count). The van der Waals surface area contributed by atoms with Crippen LogP contribution in [0, 0.1) is 10.1 Å². The number of aliphatic imine (C=N–C) groups is 1. The van der Waals surface area contributed by atoms with Gasteiger partial charge < -0.3 is 4.74 Å². The molecular weight excluding hydrogens is 340 g/mol. The van der Waals surface area contributed by atoms with E-state index in [4.69, 9.17) is 9.73 Å². The molecule has 0 fully saturated rings. The van der Waals surface area contributed by atoms with E-state index in [0.29, 0.717) is 12.3 Å². The molecule has 0 bridgehead atoms. The van der Waals surface area contributed by atoms with Gasteiger partial charge in [0.2, 0.25) is 5.90 Å². The third kappa shape index (κ3) is 3.72. The van der Waals surface area contributed by atoms with Gasteiger partial charge in [-0.3, -0.25) is 10.1 Å². The Morgan fingerprint density at radius 2 is 1.48 bits per heavy atom. The molecule has 0 unspecified atom stereocenters. The van der Waals surface area contributed by atoms with Gasteiger partial charge in [0, 0.05) is 24.1 Å². The van der Waals surface area contributed by atoms with Crippen LogP contribution in [0.5, 0.6) is 0 Å². The zero-order chi connectivity index (χ0) is 18.6. The van der Waals surface area contributed by atoms with E-state index in [-0.39, 0.29) is 22.8 Å². The van der Waals surface area contributed by atoms with Gasteiger partial charge >= 0.3 is 0 Å². The van der Waals surface area contributed by atoms with E-state index in [1.54, 1.807) is 12.1 Å². The zero-order valence-corrected chi connectivity index (χ0v) is 14.6. The van der Waals surface area contributed by atoms with E-state index in [0.717, 1.165) is 16.7 Å². The number of nitro groups is 1. The Labute approximate surface area is 157 Å². The van der Waals surface area contributed by atoms with Crippen LogP contribution < -0.4 is 0 Å². The van der Waals surface area contributed by atoms with E-state index in [1.165, 1.54) is 12.1 Å². The average Bonchev–Trinajstić information content (AvgIpc) is 2.75. The summed E-state index contributed by atoms with van der Waals surface area (Å²) < 4.78 is 6.21. The largest absolute Gasteiger partial charge is 0.469 e. The van der Waals surface area contributed by atoms with Gasteiger partial charge in [0.15, 0.2) is 0 Å². The fourth-order valence-electron chi connectivity index (χ4n) is 3.23. The lowest BCUT2D eigenvalue weighted by Gasteiger charge is -2.29. The van der Waals surface area contributed by atoms with Gasteiger partial charge in [0.05, 0.1) is 11.0 Å². The number of rotatable bonds is 4. The van der Waals surface area contributed by atoms with Crippen molar-refractivity contribution in [1.82, 2.24) is 0 Å². The minimum Gasteiger partial charge on any atom is -0.469 e. The van der Waals surface area contributed by atoms with Gasteiger partial charge in [0.1, 0.15) is 6.10 Å². The lowest BCUT2D eigenvalue weighted by atomic mass is 9.95. The van der Waals surface area contributed by atoms with E-state index in [9.17, 15) is 10.1 Å². The van der Waals surface area contributed by atoms with Crippen LogP contribution in [0.1, 0.15) is 35.3 Å². The second kappa shape index (κ2) is 7.41. The number of nitro benzene ring substituents is 1. The summed E-state index contributed by atoms with van der Waals surface area (Å²) in [5.41, 5.74) is 3.04. The minimum atomic E-state index is -0.390. The molecule has 0 aromatic heterocycles. The normalized spacial score (nSPS) is 19.0. The number of hydrogen-bond donors (Lipinski definition) is 0. The zero-order valence-electron chi connectivity index (χ0n) is 14.6. The van der Waals surface area contributed by atoms with E-state index in [1.807, 2.05) is 60.7 Å². The molecule has 2 atom stereocenters. The van der Waals surface area contributed by atoms with Crippen LogP contribution in [0.25, 0.3) is 0 Å². The number of ether oxygens (including phenoxy) is 1. The van der Waals surface area contributed by atoms with Crippen molar-refractivity contribution in [3.05, 3.63) is 112 Å². The molecule has 0 saturated carbocycles. The highest BCUT2D eigenvalue weighted by Crippen LogP contribution is 2.37. The molecule has 0 saturated heterocycles. The van der Waals surface area contributed by atoms with Gasteiger partial charge in [-0.2, -0.15) is 0 Å². The second-order valence-corrected chi connectivity index (χ2v) is 6.42. The molecule has 1 heterocycles. The summed E-state index contributed by atoms with van der Waals surface area (Å²) in [7, 11) is 0.